The average molecular weight is 500 g/mol. The first-order valence-electron chi connectivity index (χ1n) is 12.8. The van der Waals surface area contributed by atoms with E-state index in [1.54, 1.807) is 6.07 Å². The SMILES string of the molecule is CCOc1ccc(C2(CNC(=O)c3cccc(OCc4cn5cc(C)ccc5n4)c3)CCOCC2)cc1. The second kappa shape index (κ2) is 11.0. The molecule has 7 nitrogen and oxygen atoms in total. The van der Waals surface area contributed by atoms with Crippen LogP contribution >= 0.6 is 0 Å². The second-order valence-electron chi connectivity index (χ2n) is 9.55. The number of ether oxygens (including phenoxy) is 3. The maximum Gasteiger partial charge on any atom is 0.251 e. The zero-order valence-corrected chi connectivity index (χ0v) is 21.4. The minimum Gasteiger partial charge on any atom is -0.494 e. The van der Waals surface area contributed by atoms with E-state index in [9.17, 15) is 4.79 Å². The van der Waals surface area contributed by atoms with Crippen LogP contribution in [0.2, 0.25) is 0 Å². The molecule has 0 radical (unpaired) electrons. The number of nitrogens with zero attached hydrogens (tertiary/aromatic N) is 2. The van der Waals surface area contributed by atoms with E-state index >= 15 is 0 Å². The van der Waals surface area contributed by atoms with E-state index in [1.165, 1.54) is 11.1 Å². The maximum absolute atomic E-state index is 13.1. The fourth-order valence-electron chi connectivity index (χ4n) is 4.86. The summed E-state index contributed by atoms with van der Waals surface area (Å²) in [6.07, 6.45) is 5.70. The van der Waals surface area contributed by atoms with Crippen molar-refractivity contribution in [1.82, 2.24) is 14.7 Å². The van der Waals surface area contributed by atoms with Crippen molar-refractivity contribution in [3.8, 4) is 11.5 Å². The molecular formula is C30H33N3O4. The van der Waals surface area contributed by atoms with E-state index in [4.69, 9.17) is 14.2 Å². The van der Waals surface area contributed by atoms with E-state index in [1.807, 2.05) is 73.1 Å². The lowest BCUT2D eigenvalue weighted by Crippen LogP contribution is -2.44. The molecule has 0 unspecified atom stereocenters. The lowest BCUT2D eigenvalue weighted by Gasteiger charge is -2.38. The minimum atomic E-state index is -0.172. The monoisotopic (exact) mass is 499 g/mol. The highest BCUT2D eigenvalue weighted by Gasteiger charge is 2.35. The van der Waals surface area contributed by atoms with Crippen LogP contribution < -0.4 is 14.8 Å². The predicted molar refractivity (Wildman–Crippen MR) is 142 cm³/mol. The number of fused-ring (bicyclic) bond motifs is 1. The molecule has 0 spiro atoms. The topological polar surface area (TPSA) is 74.1 Å². The van der Waals surface area contributed by atoms with Crippen LogP contribution in [0.1, 0.15) is 46.9 Å². The fraction of sp³-hybridized carbons (Fsp3) is 0.333. The van der Waals surface area contributed by atoms with Gasteiger partial charge < -0.3 is 23.9 Å². The van der Waals surface area contributed by atoms with Crippen molar-refractivity contribution in [2.75, 3.05) is 26.4 Å². The fourth-order valence-corrected chi connectivity index (χ4v) is 4.86. The lowest BCUT2D eigenvalue weighted by molar-refractivity contribution is 0.0487. The van der Waals surface area contributed by atoms with Crippen molar-refractivity contribution < 1.29 is 19.0 Å². The number of amides is 1. The Hall–Kier alpha value is -3.84. The Labute approximate surface area is 217 Å². The third-order valence-corrected chi connectivity index (χ3v) is 6.95. The third kappa shape index (κ3) is 5.78. The lowest BCUT2D eigenvalue weighted by atomic mass is 9.74. The normalized spacial score (nSPS) is 14.9. The number of pyridine rings is 1. The molecule has 2 aromatic carbocycles. The molecule has 1 N–H and O–H groups in total. The van der Waals surface area contributed by atoms with Crippen LogP contribution in [0.25, 0.3) is 5.65 Å². The van der Waals surface area contributed by atoms with Gasteiger partial charge in [-0.3, -0.25) is 4.79 Å². The van der Waals surface area contributed by atoms with Gasteiger partial charge in [0, 0.05) is 43.1 Å². The molecule has 1 aliphatic rings. The smallest absolute Gasteiger partial charge is 0.251 e. The zero-order chi connectivity index (χ0) is 25.7. The number of carbonyl (C=O) groups is 1. The number of nitrogens with one attached hydrogen (secondary N) is 1. The van der Waals surface area contributed by atoms with Crippen LogP contribution in [0, 0.1) is 6.92 Å². The summed E-state index contributed by atoms with van der Waals surface area (Å²) in [6, 6.07) is 19.5. The Kier molecular flexibility index (Phi) is 7.42. The van der Waals surface area contributed by atoms with Crippen molar-refractivity contribution in [3.05, 3.63) is 95.4 Å². The molecule has 37 heavy (non-hydrogen) atoms. The van der Waals surface area contributed by atoms with Crippen LogP contribution in [0.4, 0.5) is 0 Å². The summed E-state index contributed by atoms with van der Waals surface area (Å²) in [4.78, 5) is 17.7. The number of hydrogen-bond acceptors (Lipinski definition) is 5. The van der Waals surface area contributed by atoms with Crippen LogP contribution in [-0.4, -0.2) is 41.7 Å². The van der Waals surface area contributed by atoms with Gasteiger partial charge in [0.1, 0.15) is 23.8 Å². The van der Waals surface area contributed by atoms with Crippen LogP contribution in [-0.2, 0) is 16.8 Å². The predicted octanol–water partition coefficient (Wildman–Crippen LogP) is 5.10. The van der Waals surface area contributed by atoms with Crippen molar-refractivity contribution in [1.29, 1.82) is 0 Å². The van der Waals surface area contributed by atoms with E-state index < -0.39 is 0 Å². The molecule has 1 saturated heterocycles. The quantitative estimate of drug-likeness (QED) is 0.347. The minimum absolute atomic E-state index is 0.120. The summed E-state index contributed by atoms with van der Waals surface area (Å²) in [5.74, 6) is 1.37. The van der Waals surface area contributed by atoms with Gasteiger partial charge in [0.15, 0.2) is 0 Å². The number of aryl methyl sites for hydroxylation is 1. The largest absolute Gasteiger partial charge is 0.494 e. The summed E-state index contributed by atoms with van der Waals surface area (Å²) < 4.78 is 19.2. The number of benzene rings is 2. The molecule has 0 bridgehead atoms. The first-order chi connectivity index (χ1) is 18.0. The first kappa shape index (κ1) is 24.8. The first-order valence-corrected chi connectivity index (χ1v) is 12.8. The Morgan fingerprint density at radius 1 is 1.03 bits per heavy atom. The summed E-state index contributed by atoms with van der Waals surface area (Å²) in [5, 5.41) is 3.17. The number of aromatic nitrogens is 2. The van der Waals surface area contributed by atoms with Crippen molar-refractivity contribution in [3.63, 3.8) is 0 Å². The highest BCUT2D eigenvalue weighted by atomic mass is 16.5. The Morgan fingerprint density at radius 2 is 1.84 bits per heavy atom. The molecule has 7 heteroatoms. The van der Waals surface area contributed by atoms with Crippen LogP contribution in [0.5, 0.6) is 11.5 Å². The summed E-state index contributed by atoms with van der Waals surface area (Å²) in [7, 11) is 0. The molecule has 1 amide bonds. The Morgan fingerprint density at radius 3 is 2.62 bits per heavy atom. The van der Waals surface area contributed by atoms with Gasteiger partial charge in [-0.05, 0) is 74.2 Å². The van der Waals surface area contributed by atoms with Gasteiger partial charge in [-0.25, -0.2) is 4.98 Å². The van der Waals surface area contributed by atoms with Gasteiger partial charge in [0.2, 0.25) is 0 Å². The second-order valence-corrected chi connectivity index (χ2v) is 9.55. The van der Waals surface area contributed by atoms with Gasteiger partial charge in [-0.2, -0.15) is 0 Å². The van der Waals surface area contributed by atoms with Gasteiger partial charge in [-0.15, -0.1) is 0 Å². The standard InChI is InChI=1S/C30H33N3O4/c1-3-36-26-10-8-24(9-11-26)30(13-15-35-16-14-30)21-31-29(34)23-5-4-6-27(17-23)37-20-25-19-33-18-22(2)7-12-28(33)32-25/h4-12,17-19H,3,13-16,20-21H2,1-2H3,(H,31,34). The Bertz CT molecular complexity index is 1360. The number of hydrogen-bond donors (Lipinski definition) is 1. The molecule has 1 aliphatic heterocycles. The molecule has 4 aromatic rings. The van der Waals surface area contributed by atoms with E-state index in [0.29, 0.717) is 44.3 Å². The zero-order valence-electron chi connectivity index (χ0n) is 21.4. The molecule has 5 rings (SSSR count). The highest BCUT2D eigenvalue weighted by molar-refractivity contribution is 5.94. The number of carbonyl (C=O) groups excluding carboxylic acids is 1. The van der Waals surface area contributed by atoms with Crippen molar-refractivity contribution in [2.24, 2.45) is 0 Å². The molecule has 0 saturated carbocycles. The van der Waals surface area contributed by atoms with Gasteiger partial charge in [0.05, 0.1) is 12.3 Å². The van der Waals surface area contributed by atoms with Crippen molar-refractivity contribution >= 4 is 11.6 Å². The maximum atomic E-state index is 13.1. The average Bonchev–Trinajstić information content (AvgIpc) is 3.34. The van der Waals surface area contributed by atoms with Gasteiger partial charge in [0.25, 0.3) is 5.91 Å². The summed E-state index contributed by atoms with van der Waals surface area (Å²) in [5.41, 5.74) is 4.47. The molecule has 1 fully saturated rings. The van der Waals surface area contributed by atoms with E-state index in [2.05, 4.69) is 22.4 Å². The third-order valence-electron chi connectivity index (χ3n) is 6.95. The van der Waals surface area contributed by atoms with Crippen LogP contribution in [0.3, 0.4) is 0 Å². The van der Waals surface area contributed by atoms with E-state index in [-0.39, 0.29) is 11.3 Å². The number of imidazole rings is 1. The molecular weight excluding hydrogens is 466 g/mol. The molecule has 3 heterocycles. The highest BCUT2D eigenvalue weighted by Crippen LogP contribution is 2.35. The van der Waals surface area contributed by atoms with Gasteiger partial charge >= 0.3 is 0 Å². The van der Waals surface area contributed by atoms with Crippen LogP contribution in [0.15, 0.2) is 73.1 Å². The van der Waals surface area contributed by atoms with E-state index in [0.717, 1.165) is 29.9 Å². The Balaban J connectivity index is 1.24. The molecule has 0 aliphatic carbocycles. The summed E-state index contributed by atoms with van der Waals surface area (Å²) >= 11 is 0. The van der Waals surface area contributed by atoms with Crippen molar-refractivity contribution in [2.45, 2.75) is 38.7 Å². The molecule has 0 atom stereocenters. The molecule has 192 valence electrons. The molecule has 2 aromatic heterocycles. The summed E-state index contributed by atoms with van der Waals surface area (Å²) in [6.45, 7) is 6.87. The van der Waals surface area contributed by atoms with Gasteiger partial charge in [-0.1, -0.05) is 24.3 Å². The number of rotatable bonds is 9.